The average molecular weight is 257 g/mol. The summed E-state index contributed by atoms with van der Waals surface area (Å²) in [6.45, 7) is 3.30. The molecule has 0 saturated carbocycles. The molecule has 2 rings (SSSR count). The molecule has 1 saturated heterocycles. The smallest absolute Gasteiger partial charge is 0.351 e. The van der Waals surface area contributed by atoms with Crippen LogP contribution in [0.5, 0.6) is 0 Å². The molecular formula is C10H15N3O5. The van der Waals surface area contributed by atoms with Gasteiger partial charge in [-0.3, -0.25) is 4.57 Å². The first-order chi connectivity index (χ1) is 8.04. The molecule has 0 unspecified atom stereocenters. The van der Waals surface area contributed by atoms with Crippen molar-refractivity contribution in [2.75, 3.05) is 12.3 Å². The molecule has 0 spiro atoms. The third-order valence-electron chi connectivity index (χ3n) is 2.64. The Kier molecular flexibility index (Phi) is 4.19. The second-order valence-electron chi connectivity index (χ2n) is 3.77. The summed E-state index contributed by atoms with van der Waals surface area (Å²) in [4.78, 5) is 15.1. The summed E-state index contributed by atoms with van der Waals surface area (Å²) in [7, 11) is 0. The molecule has 1 aromatic rings. The van der Waals surface area contributed by atoms with Crippen LogP contribution in [0, 0.1) is 0 Å². The van der Waals surface area contributed by atoms with E-state index in [0.717, 1.165) is 4.57 Å². The molecule has 6 N–H and O–H groups in total. The summed E-state index contributed by atoms with van der Waals surface area (Å²) in [6, 6.07) is 1.44. The van der Waals surface area contributed by atoms with Gasteiger partial charge in [-0.05, 0) is 6.07 Å². The van der Waals surface area contributed by atoms with Gasteiger partial charge in [0.15, 0.2) is 6.23 Å². The number of aliphatic hydroxyl groups is 2. The minimum Gasteiger partial charge on any atom is -0.412 e. The Morgan fingerprint density at radius 3 is 2.78 bits per heavy atom. The van der Waals surface area contributed by atoms with Gasteiger partial charge in [-0.2, -0.15) is 4.98 Å². The zero-order valence-corrected chi connectivity index (χ0v) is 9.48. The summed E-state index contributed by atoms with van der Waals surface area (Å²) >= 11 is 0. The van der Waals surface area contributed by atoms with Gasteiger partial charge in [0.05, 0.1) is 6.61 Å². The van der Waals surface area contributed by atoms with Gasteiger partial charge >= 0.3 is 5.69 Å². The third-order valence-corrected chi connectivity index (χ3v) is 2.64. The molecule has 100 valence electrons. The largest absolute Gasteiger partial charge is 0.412 e. The normalized spacial score (nSPS) is 27.0. The molecule has 0 aromatic carbocycles. The lowest BCUT2D eigenvalue weighted by Crippen LogP contribution is -2.28. The predicted molar refractivity (Wildman–Crippen MR) is 62.7 cm³/mol. The van der Waals surface area contributed by atoms with E-state index in [1.54, 1.807) is 0 Å². The third kappa shape index (κ3) is 2.27. The van der Waals surface area contributed by atoms with Gasteiger partial charge < -0.3 is 26.2 Å². The van der Waals surface area contributed by atoms with Crippen LogP contribution in [0.2, 0.25) is 0 Å². The van der Waals surface area contributed by atoms with Crippen molar-refractivity contribution >= 4 is 5.82 Å². The number of ether oxygens (including phenoxy) is 1. The van der Waals surface area contributed by atoms with E-state index in [9.17, 15) is 9.90 Å². The number of anilines is 1. The number of hydrogen-bond donors (Lipinski definition) is 3. The van der Waals surface area contributed by atoms with Crippen LogP contribution in [0.1, 0.15) is 6.23 Å². The Morgan fingerprint density at radius 2 is 2.28 bits per heavy atom. The molecular weight excluding hydrogens is 242 g/mol. The Bertz CT molecular complexity index is 501. The number of nitrogens with two attached hydrogens (primary N) is 1. The van der Waals surface area contributed by atoms with E-state index in [-0.39, 0.29) is 17.9 Å². The molecule has 0 aliphatic carbocycles. The predicted octanol–water partition coefficient (Wildman–Crippen LogP) is -2.19. The SMILES string of the molecule is C=C1[C@H](n2ccc(N)nc2=O)O[C@H](CO)[C@H]1O.O. The zero-order chi connectivity index (χ0) is 12.6. The number of aliphatic hydroxyl groups excluding tert-OH is 2. The Labute approximate surface area is 102 Å². The maximum Gasteiger partial charge on any atom is 0.351 e. The van der Waals surface area contributed by atoms with Crippen molar-refractivity contribution in [3.05, 3.63) is 34.9 Å². The van der Waals surface area contributed by atoms with Crippen LogP contribution in [0.15, 0.2) is 29.2 Å². The number of nitrogens with zero attached hydrogens (tertiary/aromatic N) is 2. The highest BCUT2D eigenvalue weighted by Gasteiger charge is 2.38. The monoisotopic (exact) mass is 257 g/mol. The number of nitrogen functional groups attached to an aromatic ring is 1. The summed E-state index contributed by atoms with van der Waals surface area (Å²) < 4.78 is 6.49. The van der Waals surface area contributed by atoms with Gasteiger partial charge in [0, 0.05) is 11.8 Å². The van der Waals surface area contributed by atoms with E-state index in [0.29, 0.717) is 5.57 Å². The molecule has 1 fully saturated rings. The maximum atomic E-state index is 11.6. The fraction of sp³-hybridized carbons (Fsp3) is 0.400. The van der Waals surface area contributed by atoms with Crippen LogP contribution >= 0.6 is 0 Å². The highest BCUT2D eigenvalue weighted by atomic mass is 16.5. The van der Waals surface area contributed by atoms with Gasteiger partial charge in [-0.1, -0.05) is 6.58 Å². The van der Waals surface area contributed by atoms with E-state index < -0.39 is 24.1 Å². The second-order valence-corrected chi connectivity index (χ2v) is 3.77. The second kappa shape index (κ2) is 5.27. The van der Waals surface area contributed by atoms with E-state index in [2.05, 4.69) is 11.6 Å². The van der Waals surface area contributed by atoms with Crippen molar-refractivity contribution in [2.45, 2.75) is 18.4 Å². The van der Waals surface area contributed by atoms with Crippen LogP contribution in [0.4, 0.5) is 5.82 Å². The van der Waals surface area contributed by atoms with Gasteiger partial charge in [0.25, 0.3) is 0 Å². The van der Waals surface area contributed by atoms with Crippen molar-refractivity contribution in [1.29, 1.82) is 0 Å². The van der Waals surface area contributed by atoms with Crippen LogP contribution in [0.3, 0.4) is 0 Å². The van der Waals surface area contributed by atoms with Gasteiger partial charge in [0.2, 0.25) is 0 Å². The van der Waals surface area contributed by atoms with Crippen LogP contribution in [-0.2, 0) is 4.74 Å². The van der Waals surface area contributed by atoms with Gasteiger partial charge in [-0.25, -0.2) is 4.79 Å². The van der Waals surface area contributed by atoms with E-state index in [1.807, 2.05) is 0 Å². The molecule has 0 amide bonds. The molecule has 8 heteroatoms. The van der Waals surface area contributed by atoms with Crippen molar-refractivity contribution < 1.29 is 20.4 Å². The lowest BCUT2D eigenvalue weighted by Gasteiger charge is -2.14. The first-order valence-corrected chi connectivity index (χ1v) is 5.02. The number of hydrogen-bond acceptors (Lipinski definition) is 6. The molecule has 1 aliphatic rings. The topological polar surface area (TPSA) is 142 Å². The van der Waals surface area contributed by atoms with Crippen molar-refractivity contribution in [2.24, 2.45) is 0 Å². The Hall–Kier alpha value is -1.74. The van der Waals surface area contributed by atoms with Gasteiger partial charge in [0.1, 0.15) is 18.0 Å². The standard InChI is InChI=1S/C10H13N3O4.H2O/c1-5-8(15)6(4-14)17-9(5)13-3-2-7(11)12-10(13)16;/h2-3,6,8-9,14-15H,1,4H2,(H2,11,12,16);1H2/t6-,8+,9-;/m1./s1. The summed E-state index contributed by atoms with van der Waals surface area (Å²) in [5, 5.41) is 18.7. The van der Waals surface area contributed by atoms with Gasteiger partial charge in [-0.15, -0.1) is 0 Å². The van der Waals surface area contributed by atoms with Crippen LogP contribution in [-0.4, -0.2) is 44.1 Å². The number of aromatic nitrogens is 2. The van der Waals surface area contributed by atoms with Crippen LogP contribution < -0.4 is 11.4 Å². The molecule has 0 bridgehead atoms. The van der Waals surface area contributed by atoms with E-state index in [4.69, 9.17) is 15.6 Å². The minimum atomic E-state index is -1.01. The van der Waals surface area contributed by atoms with Crippen molar-refractivity contribution in [3.8, 4) is 0 Å². The lowest BCUT2D eigenvalue weighted by molar-refractivity contribution is -0.0447. The highest BCUT2D eigenvalue weighted by Crippen LogP contribution is 2.31. The molecule has 0 radical (unpaired) electrons. The first-order valence-electron chi connectivity index (χ1n) is 5.02. The fourth-order valence-corrected chi connectivity index (χ4v) is 1.70. The Morgan fingerprint density at radius 1 is 1.61 bits per heavy atom. The lowest BCUT2D eigenvalue weighted by atomic mass is 10.1. The summed E-state index contributed by atoms with van der Waals surface area (Å²) in [6.07, 6.45) is -1.21. The Balaban J connectivity index is 0.00000162. The highest BCUT2D eigenvalue weighted by molar-refractivity contribution is 5.24. The molecule has 8 nitrogen and oxygen atoms in total. The minimum absolute atomic E-state index is 0. The average Bonchev–Trinajstić information content (AvgIpc) is 2.57. The van der Waals surface area contributed by atoms with Crippen molar-refractivity contribution in [1.82, 2.24) is 9.55 Å². The van der Waals surface area contributed by atoms with Crippen molar-refractivity contribution in [3.63, 3.8) is 0 Å². The van der Waals surface area contributed by atoms with Crippen LogP contribution in [0.25, 0.3) is 0 Å². The quantitative estimate of drug-likeness (QED) is 0.513. The molecule has 18 heavy (non-hydrogen) atoms. The fourth-order valence-electron chi connectivity index (χ4n) is 1.70. The molecule has 3 atom stereocenters. The summed E-state index contributed by atoms with van der Waals surface area (Å²) in [5.41, 5.74) is 5.07. The number of rotatable bonds is 2. The van der Waals surface area contributed by atoms with E-state index in [1.165, 1.54) is 12.3 Å². The molecule has 2 heterocycles. The molecule has 1 aromatic heterocycles. The maximum absolute atomic E-state index is 11.6. The first kappa shape index (κ1) is 14.3. The summed E-state index contributed by atoms with van der Waals surface area (Å²) in [5.74, 6) is 0.106. The zero-order valence-electron chi connectivity index (χ0n) is 9.48. The molecule has 1 aliphatic heterocycles. The van der Waals surface area contributed by atoms with E-state index >= 15 is 0 Å².